The fourth-order valence-electron chi connectivity index (χ4n) is 2.38. The summed E-state index contributed by atoms with van der Waals surface area (Å²) in [5.41, 5.74) is -0.919. The van der Waals surface area contributed by atoms with E-state index in [0.717, 1.165) is 6.42 Å². The highest BCUT2D eigenvalue weighted by Crippen LogP contribution is 2.14. The molecule has 0 unspecified atom stereocenters. The summed E-state index contributed by atoms with van der Waals surface area (Å²) in [6.07, 6.45) is 3.32. The molecule has 0 aliphatic heterocycles. The summed E-state index contributed by atoms with van der Waals surface area (Å²) in [4.78, 5) is 26.6. The maximum absolute atomic E-state index is 11.4. The van der Waals surface area contributed by atoms with Crippen LogP contribution in [0, 0.1) is 0 Å². The molecule has 8 nitrogen and oxygen atoms in total. The van der Waals surface area contributed by atoms with Gasteiger partial charge < -0.3 is 19.0 Å². The Balaban J connectivity index is 1.79. The van der Waals surface area contributed by atoms with Crippen LogP contribution in [0.1, 0.15) is 17.9 Å². The standard InChI is InChI=1S/C17H22N2O6/c1-18(10-14-16(22)12(20)4-8-24-14)6-3-7-19(2)11-15-17(23)13(21)5-9-25-15/h4-5,8-9,22-23H,3,6-7,10-11H2,1-2H3. The van der Waals surface area contributed by atoms with Gasteiger partial charge in [0.25, 0.3) is 0 Å². The Kier molecular flexibility index (Phi) is 6.37. The molecule has 0 aromatic carbocycles. The third kappa shape index (κ3) is 5.20. The number of aromatic hydroxyl groups is 2. The second-order valence-corrected chi connectivity index (χ2v) is 5.94. The van der Waals surface area contributed by atoms with Gasteiger partial charge in [-0.25, -0.2) is 0 Å². The summed E-state index contributed by atoms with van der Waals surface area (Å²) >= 11 is 0. The molecule has 2 N–H and O–H groups in total. The van der Waals surface area contributed by atoms with Gasteiger partial charge in [-0.1, -0.05) is 0 Å². The number of nitrogens with zero attached hydrogens (tertiary/aromatic N) is 2. The van der Waals surface area contributed by atoms with Crippen molar-refractivity contribution >= 4 is 0 Å². The molecule has 2 rings (SSSR count). The first-order chi connectivity index (χ1) is 11.9. The Labute approximate surface area is 144 Å². The van der Waals surface area contributed by atoms with E-state index in [-0.39, 0.29) is 23.0 Å². The molecule has 2 aromatic heterocycles. The summed E-state index contributed by atoms with van der Waals surface area (Å²) in [7, 11) is 3.71. The van der Waals surface area contributed by atoms with Gasteiger partial charge in [0, 0.05) is 12.1 Å². The molecule has 8 heteroatoms. The Hall–Kier alpha value is -2.58. The molecule has 0 spiro atoms. The van der Waals surface area contributed by atoms with E-state index >= 15 is 0 Å². The lowest BCUT2D eigenvalue weighted by atomic mass is 10.3. The van der Waals surface area contributed by atoms with Crippen molar-refractivity contribution < 1.29 is 19.0 Å². The van der Waals surface area contributed by atoms with Gasteiger partial charge in [0.15, 0.2) is 11.5 Å². The van der Waals surface area contributed by atoms with E-state index in [1.165, 1.54) is 24.7 Å². The summed E-state index contributed by atoms with van der Waals surface area (Å²) < 4.78 is 10.3. The highest BCUT2D eigenvalue weighted by atomic mass is 16.4. The van der Waals surface area contributed by atoms with Crippen LogP contribution in [0.25, 0.3) is 0 Å². The molecule has 0 saturated carbocycles. The first kappa shape index (κ1) is 18.8. The van der Waals surface area contributed by atoms with Gasteiger partial charge in [0.2, 0.25) is 22.4 Å². The van der Waals surface area contributed by atoms with E-state index in [9.17, 15) is 19.8 Å². The van der Waals surface area contributed by atoms with Crippen LogP contribution in [-0.4, -0.2) is 47.2 Å². The van der Waals surface area contributed by atoms with E-state index in [1.54, 1.807) is 0 Å². The van der Waals surface area contributed by atoms with Gasteiger partial charge in [-0.2, -0.15) is 0 Å². The van der Waals surface area contributed by atoms with Crippen molar-refractivity contribution in [2.24, 2.45) is 0 Å². The molecule has 0 fully saturated rings. The van der Waals surface area contributed by atoms with Crippen molar-refractivity contribution in [3.05, 3.63) is 56.6 Å². The van der Waals surface area contributed by atoms with Crippen molar-refractivity contribution in [1.29, 1.82) is 0 Å². The van der Waals surface area contributed by atoms with Crippen molar-refractivity contribution in [3.63, 3.8) is 0 Å². The van der Waals surface area contributed by atoms with E-state index in [4.69, 9.17) is 8.83 Å². The fourth-order valence-corrected chi connectivity index (χ4v) is 2.38. The quantitative estimate of drug-likeness (QED) is 0.725. The molecular formula is C17H22N2O6. The zero-order valence-corrected chi connectivity index (χ0v) is 14.3. The van der Waals surface area contributed by atoms with E-state index in [1.807, 2.05) is 23.9 Å². The molecule has 0 bridgehead atoms. The normalized spacial score (nSPS) is 11.4. The van der Waals surface area contributed by atoms with E-state index in [2.05, 4.69) is 0 Å². The minimum atomic E-state index is -0.460. The van der Waals surface area contributed by atoms with Gasteiger partial charge in [0.1, 0.15) is 0 Å². The molecule has 136 valence electrons. The van der Waals surface area contributed by atoms with Crippen molar-refractivity contribution in [2.75, 3.05) is 27.2 Å². The second-order valence-electron chi connectivity index (χ2n) is 5.94. The number of hydrogen-bond donors (Lipinski definition) is 2. The molecule has 0 saturated heterocycles. The predicted molar refractivity (Wildman–Crippen MR) is 90.6 cm³/mol. The van der Waals surface area contributed by atoms with Crippen LogP contribution in [0.3, 0.4) is 0 Å². The highest BCUT2D eigenvalue weighted by molar-refractivity contribution is 5.23. The third-order valence-corrected chi connectivity index (χ3v) is 3.76. The highest BCUT2D eigenvalue weighted by Gasteiger charge is 2.12. The topological polar surface area (TPSA) is 107 Å². The average Bonchev–Trinajstić information content (AvgIpc) is 2.56. The average molecular weight is 350 g/mol. The van der Waals surface area contributed by atoms with Crippen LogP contribution < -0.4 is 10.9 Å². The van der Waals surface area contributed by atoms with Crippen LogP contribution in [0.4, 0.5) is 0 Å². The molecule has 2 heterocycles. The van der Waals surface area contributed by atoms with Crippen LogP contribution >= 0.6 is 0 Å². The lowest BCUT2D eigenvalue weighted by Crippen LogP contribution is -2.26. The Bertz CT molecular complexity index is 746. The molecule has 0 aliphatic rings. The second kappa shape index (κ2) is 8.50. The minimum Gasteiger partial charge on any atom is -0.502 e. The zero-order valence-electron chi connectivity index (χ0n) is 14.3. The lowest BCUT2D eigenvalue weighted by Gasteiger charge is -2.19. The van der Waals surface area contributed by atoms with Gasteiger partial charge in [-0.3, -0.25) is 19.4 Å². The molecule has 0 atom stereocenters. The molecular weight excluding hydrogens is 328 g/mol. The fraction of sp³-hybridized carbons (Fsp3) is 0.412. The Morgan fingerprint density at radius 1 is 0.840 bits per heavy atom. The third-order valence-electron chi connectivity index (χ3n) is 3.76. The Morgan fingerprint density at radius 2 is 1.24 bits per heavy atom. The summed E-state index contributed by atoms with van der Waals surface area (Å²) in [5, 5.41) is 19.3. The zero-order chi connectivity index (χ0) is 18.4. The van der Waals surface area contributed by atoms with Crippen molar-refractivity contribution in [2.45, 2.75) is 19.5 Å². The monoisotopic (exact) mass is 350 g/mol. The van der Waals surface area contributed by atoms with Crippen LogP contribution in [0.5, 0.6) is 11.5 Å². The summed E-state index contributed by atoms with van der Waals surface area (Å²) in [6.45, 7) is 2.04. The van der Waals surface area contributed by atoms with E-state index < -0.39 is 10.9 Å². The number of hydrogen-bond acceptors (Lipinski definition) is 8. The van der Waals surface area contributed by atoms with Gasteiger partial charge in [0.05, 0.1) is 25.6 Å². The molecule has 2 aromatic rings. The summed E-state index contributed by atoms with van der Waals surface area (Å²) in [6, 6.07) is 2.34. The van der Waals surface area contributed by atoms with Crippen LogP contribution in [-0.2, 0) is 13.1 Å². The largest absolute Gasteiger partial charge is 0.502 e. The van der Waals surface area contributed by atoms with E-state index in [0.29, 0.717) is 26.2 Å². The van der Waals surface area contributed by atoms with Gasteiger partial charge in [-0.15, -0.1) is 0 Å². The molecule has 25 heavy (non-hydrogen) atoms. The van der Waals surface area contributed by atoms with Crippen LogP contribution in [0.15, 0.2) is 43.1 Å². The summed E-state index contributed by atoms with van der Waals surface area (Å²) in [5.74, 6) is -0.249. The maximum Gasteiger partial charge on any atom is 0.226 e. The minimum absolute atomic E-state index is 0.235. The van der Waals surface area contributed by atoms with Crippen molar-refractivity contribution in [1.82, 2.24) is 9.80 Å². The van der Waals surface area contributed by atoms with Crippen molar-refractivity contribution in [3.8, 4) is 11.5 Å². The lowest BCUT2D eigenvalue weighted by molar-refractivity contribution is 0.237. The van der Waals surface area contributed by atoms with Crippen LogP contribution in [0.2, 0.25) is 0 Å². The van der Waals surface area contributed by atoms with Gasteiger partial charge in [-0.05, 0) is 33.6 Å². The maximum atomic E-state index is 11.4. The first-order valence-electron chi connectivity index (χ1n) is 7.85. The molecule has 0 aliphatic carbocycles. The predicted octanol–water partition coefficient (Wildman–Crippen LogP) is 0.958. The SMILES string of the molecule is CN(CCCN(C)Cc1occc(=O)c1O)Cc1occc(=O)c1O. The molecule has 0 radical (unpaired) electrons. The van der Waals surface area contributed by atoms with Gasteiger partial charge >= 0.3 is 0 Å². The number of rotatable bonds is 8. The smallest absolute Gasteiger partial charge is 0.226 e. The Morgan fingerprint density at radius 3 is 1.64 bits per heavy atom. The molecule has 0 amide bonds. The first-order valence-corrected chi connectivity index (χ1v) is 7.85.